The molecule has 3 aromatic rings. The van der Waals surface area contributed by atoms with Crippen LogP contribution in [0.25, 0.3) is 10.6 Å². The third-order valence-corrected chi connectivity index (χ3v) is 4.88. The molecule has 0 saturated carbocycles. The second-order valence-electron chi connectivity index (χ2n) is 5.10. The third-order valence-electron chi connectivity index (χ3n) is 3.26. The van der Waals surface area contributed by atoms with Gasteiger partial charge in [0.15, 0.2) is 0 Å². The summed E-state index contributed by atoms with van der Waals surface area (Å²) >= 11 is 3.23. The molecule has 0 aliphatic carbocycles. The highest BCUT2D eigenvalue weighted by atomic mass is 32.1. The van der Waals surface area contributed by atoms with Crippen molar-refractivity contribution in [1.82, 2.24) is 19.7 Å². The van der Waals surface area contributed by atoms with Gasteiger partial charge >= 0.3 is 0 Å². The molecule has 0 saturated heterocycles. The zero-order valence-electron chi connectivity index (χ0n) is 12.4. The molecule has 7 heteroatoms. The van der Waals surface area contributed by atoms with Gasteiger partial charge < -0.3 is 4.90 Å². The van der Waals surface area contributed by atoms with Crippen LogP contribution in [-0.4, -0.2) is 32.6 Å². The van der Waals surface area contributed by atoms with Gasteiger partial charge in [-0.05, 0) is 11.4 Å². The monoisotopic (exact) mass is 332 g/mol. The van der Waals surface area contributed by atoms with Gasteiger partial charge in [0.1, 0.15) is 5.01 Å². The molecule has 0 unspecified atom stereocenters. The summed E-state index contributed by atoms with van der Waals surface area (Å²) in [6.07, 6.45) is 4.03. The number of nitrogens with zero attached hydrogens (tertiary/aromatic N) is 4. The Morgan fingerprint density at radius 1 is 1.41 bits per heavy atom. The van der Waals surface area contributed by atoms with Crippen LogP contribution in [0.15, 0.2) is 34.6 Å². The number of amides is 1. The quantitative estimate of drug-likeness (QED) is 0.722. The maximum atomic E-state index is 12.3. The first-order chi connectivity index (χ1) is 10.6. The SMILES string of the molecule is CN(Cc1cnn(C)c1)C(=O)Cc1csc(-c2ccsc2)n1. The number of thiophene rings is 1. The molecule has 0 N–H and O–H groups in total. The zero-order valence-corrected chi connectivity index (χ0v) is 14.0. The highest BCUT2D eigenvalue weighted by Gasteiger charge is 2.14. The summed E-state index contributed by atoms with van der Waals surface area (Å²) < 4.78 is 1.74. The van der Waals surface area contributed by atoms with Gasteiger partial charge in [-0.1, -0.05) is 0 Å². The van der Waals surface area contributed by atoms with Crippen molar-refractivity contribution in [2.24, 2.45) is 7.05 Å². The maximum Gasteiger partial charge on any atom is 0.228 e. The van der Waals surface area contributed by atoms with E-state index in [1.807, 2.05) is 37.1 Å². The molecule has 0 spiro atoms. The Hall–Kier alpha value is -1.99. The lowest BCUT2D eigenvalue weighted by Gasteiger charge is -2.15. The lowest BCUT2D eigenvalue weighted by Crippen LogP contribution is -2.27. The first kappa shape index (κ1) is 14.9. The number of thiazole rings is 1. The van der Waals surface area contributed by atoms with Crippen molar-refractivity contribution >= 4 is 28.6 Å². The Kier molecular flexibility index (Phi) is 4.35. The Labute approximate surface area is 136 Å². The Bertz CT molecular complexity index is 760. The zero-order chi connectivity index (χ0) is 15.5. The number of aryl methyl sites for hydroxylation is 1. The molecule has 3 rings (SSSR count). The van der Waals surface area contributed by atoms with E-state index in [0.29, 0.717) is 13.0 Å². The highest BCUT2D eigenvalue weighted by Crippen LogP contribution is 2.25. The largest absolute Gasteiger partial charge is 0.341 e. The average molecular weight is 332 g/mol. The van der Waals surface area contributed by atoms with Crippen LogP contribution in [0.3, 0.4) is 0 Å². The van der Waals surface area contributed by atoms with E-state index >= 15 is 0 Å². The van der Waals surface area contributed by atoms with Crippen LogP contribution in [0.2, 0.25) is 0 Å². The van der Waals surface area contributed by atoms with Crippen molar-refractivity contribution < 1.29 is 4.79 Å². The van der Waals surface area contributed by atoms with E-state index in [0.717, 1.165) is 21.8 Å². The molecule has 0 aliphatic rings. The topological polar surface area (TPSA) is 51.0 Å². The summed E-state index contributed by atoms with van der Waals surface area (Å²) in [5.41, 5.74) is 2.97. The van der Waals surface area contributed by atoms with E-state index < -0.39 is 0 Å². The molecule has 5 nitrogen and oxygen atoms in total. The van der Waals surface area contributed by atoms with Gasteiger partial charge in [-0.15, -0.1) is 11.3 Å². The molecule has 114 valence electrons. The fourth-order valence-corrected chi connectivity index (χ4v) is 3.64. The second-order valence-corrected chi connectivity index (χ2v) is 6.74. The minimum absolute atomic E-state index is 0.0611. The molecule has 3 heterocycles. The lowest BCUT2D eigenvalue weighted by molar-refractivity contribution is -0.129. The van der Waals surface area contributed by atoms with E-state index in [4.69, 9.17) is 0 Å². The number of carbonyl (C=O) groups excluding carboxylic acids is 1. The molecule has 0 fully saturated rings. The number of carbonyl (C=O) groups is 1. The molecule has 0 aromatic carbocycles. The lowest BCUT2D eigenvalue weighted by atomic mass is 10.2. The fraction of sp³-hybridized carbons (Fsp3) is 0.267. The number of aromatic nitrogens is 3. The number of likely N-dealkylation sites (N-methyl/N-ethyl adjacent to an activating group) is 1. The minimum atomic E-state index is 0.0611. The van der Waals surface area contributed by atoms with Crippen molar-refractivity contribution in [3.8, 4) is 10.6 Å². The van der Waals surface area contributed by atoms with Crippen molar-refractivity contribution in [1.29, 1.82) is 0 Å². The van der Waals surface area contributed by atoms with Crippen LogP contribution >= 0.6 is 22.7 Å². The summed E-state index contributed by atoms with van der Waals surface area (Å²) in [6, 6.07) is 2.05. The molecular formula is C15H16N4OS2. The molecule has 1 amide bonds. The van der Waals surface area contributed by atoms with Gasteiger partial charge in [-0.25, -0.2) is 4.98 Å². The Balaban J connectivity index is 1.61. The predicted octanol–water partition coefficient (Wildman–Crippen LogP) is 2.81. The Morgan fingerprint density at radius 2 is 2.27 bits per heavy atom. The summed E-state index contributed by atoms with van der Waals surface area (Å²) in [7, 11) is 3.67. The van der Waals surface area contributed by atoms with Gasteiger partial charge in [0.05, 0.1) is 18.3 Å². The first-order valence-corrected chi connectivity index (χ1v) is 8.62. The van der Waals surface area contributed by atoms with Crippen LogP contribution in [0, 0.1) is 0 Å². The molecule has 0 aliphatic heterocycles. The van der Waals surface area contributed by atoms with Gasteiger partial charge in [0, 0.05) is 48.7 Å². The molecular weight excluding hydrogens is 316 g/mol. The van der Waals surface area contributed by atoms with E-state index in [9.17, 15) is 4.79 Å². The van der Waals surface area contributed by atoms with Crippen LogP contribution in [0.1, 0.15) is 11.3 Å². The average Bonchev–Trinajstić information content (AvgIpc) is 3.20. The minimum Gasteiger partial charge on any atom is -0.341 e. The smallest absolute Gasteiger partial charge is 0.228 e. The summed E-state index contributed by atoms with van der Waals surface area (Å²) in [5.74, 6) is 0.0611. The number of rotatable bonds is 5. The van der Waals surface area contributed by atoms with E-state index in [-0.39, 0.29) is 5.91 Å². The molecule has 0 bridgehead atoms. The van der Waals surface area contributed by atoms with Crippen LogP contribution in [-0.2, 0) is 24.8 Å². The Morgan fingerprint density at radius 3 is 2.95 bits per heavy atom. The first-order valence-electron chi connectivity index (χ1n) is 6.80. The van der Waals surface area contributed by atoms with Gasteiger partial charge in [-0.2, -0.15) is 16.4 Å². The van der Waals surface area contributed by atoms with Crippen molar-refractivity contribution in [3.05, 3.63) is 45.9 Å². The highest BCUT2D eigenvalue weighted by molar-refractivity contribution is 7.14. The van der Waals surface area contributed by atoms with Crippen LogP contribution in [0.4, 0.5) is 0 Å². The third kappa shape index (κ3) is 3.42. The molecule has 22 heavy (non-hydrogen) atoms. The molecule has 0 atom stereocenters. The molecule has 3 aromatic heterocycles. The van der Waals surface area contributed by atoms with Crippen molar-refractivity contribution in [3.63, 3.8) is 0 Å². The van der Waals surface area contributed by atoms with E-state index in [1.54, 1.807) is 38.5 Å². The summed E-state index contributed by atoms with van der Waals surface area (Å²) in [6.45, 7) is 0.564. The number of hydrogen-bond donors (Lipinski definition) is 0. The maximum absolute atomic E-state index is 12.3. The van der Waals surface area contributed by atoms with Crippen molar-refractivity contribution in [2.75, 3.05) is 7.05 Å². The second kappa shape index (κ2) is 6.41. The summed E-state index contributed by atoms with van der Waals surface area (Å²) in [5, 5.41) is 11.1. The normalized spacial score (nSPS) is 10.8. The van der Waals surface area contributed by atoms with Gasteiger partial charge in [0.2, 0.25) is 5.91 Å². The summed E-state index contributed by atoms with van der Waals surface area (Å²) in [4.78, 5) is 18.5. The van der Waals surface area contributed by atoms with Crippen LogP contribution in [0.5, 0.6) is 0 Å². The van der Waals surface area contributed by atoms with E-state index in [2.05, 4.69) is 15.5 Å². The molecule has 0 radical (unpaired) electrons. The van der Waals surface area contributed by atoms with Crippen LogP contribution < -0.4 is 0 Å². The van der Waals surface area contributed by atoms with Gasteiger partial charge in [0.25, 0.3) is 0 Å². The fourth-order valence-electron chi connectivity index (χ4n) is 2.11. The standard InChI is InChI=1S/C15H16N4OS2/c1-18(7-11-6-16-19(2)8-11)14(20)5-13-10-22-15(17-13)12-3-4-21-9-12/h3-4,6,8-10H,5,7H2,1-2H3. The van der Waals surface area contributed by atoms with Gasteiger partial charge in [-0.3, -0.25) is 9.48 Å². The van der Waals surface area contributed by atoms with E-state index in [1.165, 1.54) is 0 Å². The predicted molar refractivity (Wildman–Crippen MR) is 88.8 cm³/mol. The van der Waals surface area contributed by atoms with Crippen molar-refractivity contribution in [2.45, 2.75) is 13.0 Å². The number of hydrogen-bond acceptors (Lipinski definition) is 5.